The topological polar surface area (TPSA) is 55.8 Å². The number of nitrogens with zero attached hydrogens (tertiary/aromatic N) is 1. The molecule has 1 unspecified atom stereocenters. The zero-order valence-electron chi connectivity index (χ0n) is 15.0. The van der Waals surface area contributed by atoms with Crippen LogP contribution in [0.25, 0.3) is 0 Å². The lowest BCUT2D eigenvalue weighted by molar-refractivity contribution is -0.148. The van der Waals surface area contributed by atoms with Gasteiger partial charge < -0.3 is 9.47 Å². The highest BCUT2D eigenvalue weighted by Crippen LogP contribution is 2.07. The van der Waals surface area contributed by atoms with E-state index in [1.807, 2.05) is 30.3 Å². The summed E-state index contributed by atoms with van der Waals surface area (Å²) in [5, 5.41) is 0. The summed E-state index contributed by atoms with van der Waals surface area (Å²) >= 11 is 0. The number of esters is 1. The normalized spacial score (nSPS) is 11.6. The molecule has 134 valence electrons. The number of ether oxygens (including phenoxy) is 2. The summed E-state index contributed by atoms with van der Waals surface area (Å²) in [5.74, 6) is -0.398. The summed E-state index contributed by atoms with van der Waals surface area (Å²) in [6, 6.07) is 8.76. The van der Waals surface area contributed by atoms with Gasteiger partial charge >= 0.3 is 12.1 Å². The second-order valence-electron chi connectivity index (χ2n) is 5.91. The van der Waals surface area contributed by atoms with E-state index in [2.05, 4.69) is 6.92 Å². The Morgan fingerprint density at radius 2 is 1.71 bits per heavy atom. The molecular formula is C19H29NO4. The first kappa shape index (κ1) is 20.0. The number of amides is 1. The Bertz CT molecular complexity index is 489. The largest absolute Gasteiger partial charge is 0.464 e. The van der Waals surface area contributed by atoms with Crippen LogP contribution in [0.3, 0.4) is 0 Å². The van der Waals surface area contributed by atoms with Crippen molar-refractivity contribution in [3.63, 3.8) is 0 Å². The predicted octanol–water partition coefficient (Wildman–Crippen LogP) is 4.16. The second kappa shape index (κ2) is 11.5. The monoisotopic (exact) mass is 335 g/mol. The van der Waals surface area contributed by atoms with Gasteiger partial charge in [-0.25, -0.2) is 9.59 Å². The fraction of sp³-hybridized carbons (Fsp3) is 0.579. The Labute approximate surface area is 144 Å². The van der Waals surface area contributed by atoms with Crippen molar-refractivity contribution in [1.82, 2.24) is 4.90 Å². The molecule has 0 radical (unpaired) electrons. The van der Waals surface area contributed by atoms with Crippen molar-refractivity contribution in [3.05, 3.63) is 35.9 Å². The summed E-state index contributed by atoms with van der Waals surface area (Å²) in [4.78, 5) is 25.3. The van der Waals surface area contributed by atoms with Gasteiger partial charge in [0.1, 0.15) is 12.6 Å². The molecule has 1 aromatic carbocycles. The van der Waals surface area contributed by atoms with Crippen LogP contribution >= 0.6 is 0 Å². The molecule has 1 rings (SSSR count). The highest BCUT2D eigenvalue weighted by Gasteiger charge is 2.24. The number of carbonyl (C=O) groups is 2. The third kappa shape index (κ3) is 7.49. The highest BCUT2D eigenvalue weighted by atomic mass is 16.6. The van der Waals surface area contributed by atoms with Gasteiger partial charge in [-0.3, -0.25) is 4.90 Å². The van der Waals surface area contributed by atoms with Crippen LogP contribution in [0.5, 0.6) is 0 Å². The van der Waals surface area contributed by atoms with Gasteiger partial charge in [0.2, 0.25) is 0 Å². The van der Waals surface area contributed by atoms with E-state index in [0.717, 1.165) is 24.8 Å². The van der Waals surface area contributed by atoms with Crippen molar-refractivity contribution in [1.29, 1.82) is 0 Å². The molecule has 0 fully saturated rings. The van der Waals surface area contributed by atoms with Crippen LogP contribution < -0.4 is 0 Å². The Kier molecular flexibility index (Phi) is 9.58. The maximum absolute atomic E-state index is 12.0. The minimum Gasteiger partial charge on any atom is -0.464 e. The van der Waals surface area contributed by atoms with Crippen molar-refractivity contribution >= 4 is 12.1 Å². The van der Waals surface area contributed by atoms with E-state index in [1.165, 1.54) is 17.7 Å². The summed E-state index contributed by atoms with van der Waals surface area (Å²) in [6.07, 6.45) is 4.94. The highest BCUT2D eigenvalue weighted by molar-refractivity contribution is 5.80. The molecule has 0 bridgehead atoms. The third-order valence-corrected chi connectivity index (χ3v) is 3.91. The minimum atomic E-state index is -0.663. The van der Waals surface area contributed by atoms with Crippen LogP contribution in [0.15, 0.2) is 30.3 Å². The average Bonchev–Trinajstić information content (AvgIpc) is 2.62. The molecule has 1 atom stereocenters. The molecule has 0 aromatic heterocycles. The van der Waals surface area contributed by atoms with Crippen LogP contribution in [0.2, 0.25) is 0 Å². The summed E-state index contributed by atoms with van der Waals surface area (Å²) < 4.78 is 10.4. The maximum atomic E-state index is 12.0. The van der Waals surface area contributed by atoms with Crippen molar-refractivity contribution < 1.29 is 19.1 Å². The zero-order valence-corrected chi connectivity index (χ0v) is 15.0. The Hall–Kier alpha value is -2.04. The molecular weight excluding hydrogens is 306 g/mol. The van der Waals surface area contributed by atoms with E-state index < -0.39 is 18.1 Å². The van der Waals surface area contributed by atoms with Crippen molar-refractivity contribution in [3.8, 4) is 0 Å². The molecule has 1 amide bonds. The zero-order chi connectivity index (χ0) is 17.8. The number of benzene rings is 1. The van der Waals surface area contributed by atoms with Crippen LogP contribution in [-0.2, 0) is 20.9 Å². The Morgan fingerprint density at radius 1 is 1.04 bits per heavy atom. The summed E-state index contributed by atoms with van der Waals surface area (Å²) in [5.41, 5.74) is 0.904. The molecule has 1 aromatic rings. The number of likely N-dealkylation sites (N-methyl/N-ethyl adjacent to an activating group) is 1. The number of unbranched alkanes of at least 4 members (excludes halogenated alkanes) is 4. The SMILES string of the molecule is CCCCCCCOC(=O)C(C)N(C)C(=O)OCc1ccccc1. The van der Waals surface area contributed by atoms with Gasteiger partial charge in [0.25, 0.3) is 0 Å². The quantitative estimate of drug-likeness (QED) is 0.476. The van der Waals surface area contributed by atoms with E-state index in [-0.39, 0.29) is 6.61 Å². The lowest BCUT2D eigenvalue weighted by Gasteiger charge is -2.22. The van der Waals surface area contributed by atoms with E-state index in [9.17, 15) is 9.59 Å². The molecule has 5 nitrogen and oxygen atoms in total. The van der Waals surface area contributed by atoms with Gasteiger partial charge in [0, 0.05) is 7.05 Å². The van der Waals surface area contributed by atoms with E-state index in [1.54, 1.807) is 14.0 Å². The molecule has 0 aliphatic heterocycles. The second-order valence-corrected chi connectivity index (χ2v) is 5.91. The van der Waals surface area contributed by atoms with Crippen LogP contribution in [0.4, 0.5) is 4.79 Å². The third-order valence-electron chi connectivity index (χ3n) is 3.91. The minimum absolute atomic E-state index is 0.184. The lowest BCUT2D eigenvalue weighted by atomic mass is 10.2. The smallest absolute Gasteiger partial charge is 0.410 e. The van der Waals surface area contributed by atoms with E-state index in [0.29, 0.717) is 6.61 Å². The molecule has 24 heavy (non-hydrogen) atoms. The fourth-order valence-corrected chi connectivity index (χ4v) is 2.14. The average molecular weight is 335 g/mol. The molecule has 0 aliphatic rings. The Morgan fingerprint density at radius 3 is 2.38 bits per heavy atom. The van der Waals surface area contributed by atoms with Gasteiger partial charge in [0.15, 0.2) is 0 Å². The standard InChI is InChI=1S/C19H29NO4/c1-4-5-6-7-11-14-23-18(21)16(2)20(3)19(22)24-15-17-12-9-8-10-13-17/h8-10,12-13,16H,4-7,11,14-15H2,1-3H3. The summed E-state index contributed by atoms with van der Waals surface area (Å²) in [6.45, 7) is 4.39. The first-order valence-electron chi connectivity index (χ1n) is 8.66. The first-order chi connectivity index (χ1) is 11.6. The number of hydrogen-bond donors (Lipinski definition) is 0. The van der Waals surface area contributed by atoms with Crippen LogP contribution in [0.1, 0.15) is 51.5 Å². The van der Waals surface area contributed by atoms with E-state index in [4.69, 9.17) is 9.47 Å². The van der Waals surface area contributed by atoms with Gasteiger partial charge in [-0.2, -0.15) is 0 Å². The van der Waals surface area contributed by atoms with Gasteiger partial charge in [-0.1, -0.05) is 62.9 Å². The lowest BCUT2D eigenvalue weighted by Crippen LogP contribution is -2.41. The van der Waals surface area contributed by atoms with Crippen molar-refractivity contribution in [2.75, 3.05) is 13.7 Å². The van der Waals surface area contributed by atoms with Crippen molar-refractivity contribution in [2.45, 2.75) is 58.6 Å². The predicted molar refractivity (Wildman–Crippen MR) is 93.6 cm³/mol. The molecule has 0 saturated heterocycles. The van der Waals surface area contributed by atoms with Crippen molar-refractivity contribution in [2.24, 2.45) is 0 Å². The first-order valence-corrected chi connectivity index (χ1v) is 8.66. The molecule has 5 heteroatoms. The van der Waals surface area contributed by atoms with Crippen LogP contribution in [0, 0.1) is 0 Å². The van der Waals surface area contributed by atoms with E-state index >= 15 is 0 Å². The molecule has 0 saturated carbocycles. The van der Waals surface area contributed by atoms with Gasteiger partial charge in [-0.05, 0) is 18.9 Å². The maximum Gasteiger partial charge on any atom is 0.410 e. The Balaban J connectivity index is 2.27. The number of rotatable bonds is 10. The summed E-state index contributed by atoms with van der Waals surface area (Å²) in [7, 11) is 1.54. The molecule has 0 aliphatic carbocycles. The van der Waals surface area contributed by atoms with Gasteiger partial charge in [0.05, 0.1) is 6.61 Å². The number of carbonyl (C=O) groups excluding carboxylic acids is 2. The van der Waals surface area contributed by atoms with Gasteiger partial charge in [-0.15, -0.1) is 0 Å². The molecule has 0 heterocycles. The van der Waals surface area contributed by atoms with Crippen LogP contribution in [-0.4, -0.2) is 36.7 Å². The molecule has 0 spiro atoms. The molecule has 0 N–H and O–H groups in total. The number of hydrogen-bond acceptors (Lipinski definition) is 4. The fourth-order valence-electron chi connectivity index (χ4n) is 2.14.